The van der Waals surface area contributed by atoms with Crippen LogP contribution >= 0.6 is 19.2 Å². The maximum atomic E-state index is 11.1. The minimum Gasteiger partial charge on any atom is -0.388 e. The number of aliphatic hydroxyl groups is 2. The molecule has 4 atom stereocenters. The molecule has 2 aromatic rings. The highest BCUT2D eigenvalue weighted by Gasteiger charge is 2.45. The van der Waals surface area contributed by atoms with Gasteiger partial charge in [-0.2, -0.15) is 9.97 Å². The molecule has 188 valence electrons. The minimum absolute atomic E-state index is 0.0695. The number of ether oxygens (including phenoxy) is 1. The number of nitrogens with zero attached hydrogens (tertiary/aromatic N) is 5. The predicted molar refractivity (Wildman–Crippen MR) is 125 cm³/mol. The standard InChI is InChI=1S/C21H31ClN5O6P/c22-20-24-17(26-9-8-21(11-26)6-2-1-3-7-21)14-18(25-20)27(12-23-14)19-16(29)15(28)13(33-19)5-4-10-34(30,31)32/h12-13,15-16,19,28-29H,1-11H2,(H2,30,31,32)/t13-,15+,16?,19-/m1/s1. The third-order valence-electron chi connectivity index (χ3n) is 7.58. The predicted octanol–water partition coefficient (Wildman–Crippen LogP) is 2.22. The molecular formula is C21H31ClN5O6P. The van der Waals surface area contributed by atoms with Crippen molar-refractivity contribution in [2.24, 2.45) is 5.41 Å². The quantitative estimate of drug-likeness (QED) is 0.332. The Bertz CT molecular complexity index is 1090. The molecule has 2 aliphatic heterocycles. The Hall–Kier alpha value is -1.33. The lowest BCUT2D eigenvalue weighted by Crippen LogP contribution is -2.31. The van der Waals surface area contributed by atoms with E-state index in [9.17, 15) is 14.8 Å². The van der Waals surface area contributed by atoms with E-state index < -0.39 is 32.1 Å². The zero-order chi connectivity index (χ0) is 24.1. The number of imidazole rings is 1. The molecule has 2 aromatic heterocycles. The molecule has 3 fully saturated rings. The van der Waals surface area contributed by atoms with Gasteiger partial charge in [0.25, 0.3) is 0 Å². The molecule has 0 aromatic carbocycles. The van der Waals surface area contributed by atoms with Crippen molar-refractivity contribution >= 4 is 36.2 Å². The molecule has 1 spiro atoms. The maximum absolute atomic E-state index is 11.1. The second-order valence-electron chi connectivity index (χ2n) is 9.95. The first-order valence-electron chi connectivity index (χ1n) is 11.9. The number of aromatic nitrogens is 4. The first-order chi connectivity index (χ1) is 16.2. The van der Waals surface area contributed by atoms with Gasteiger partial charge in [0.1, 0.15) is 12.2 Å². The van der Waals surface area contributed by atoms with Crippen LogP contribution in [0.25, 0.3) is 11.2 Å². The maximum Gasteiger partial charge on any atom is 0.325 e. The largest absolute Gasteiger partial charge is 0.388 e. The van der Waals surface area contributed by atoms with Crippen LogP contribution in [0, 0.1) is 5.41 Å². The molecule has 0 bridgehead atoms. The Morgan fingerprint density at radius 1 is 1.15 bits per heavy atom. The van der Waals surface area contributed by atoms with Gasteiger partial charge in [-0.3, -0.25) is 9.13 Å². The molecule has 4 heterocycles. The first-order valence-corrected chi connectivity index (χ1v) is 14.0. The summed E-state index contributed by atoms with van der Waals surface area (Å²) in [7, 11) is -4.14. The summed E-state index contributed by atoms with van der Waals surface area (Å²) in [6.45, 7) is 1.78. The van der Waals surface area contributed by atoms with Gasteiger partial charge in [-0.15, -0.1) is 0 Å². The number of hydrogen-bond donors (Lipinski definition) is 4. The molecule has 3 aliphatic rings. The molecule has 1 unspecified atom stereocenters. The van der Waals surface area contributed by atoms with E-state index in [1.807, 2.05) is 0 Å². The van der Waals surface area contributed by atoms with Crippen molar-refractivity contribution in [2.45, 2.75) is 75.9 Å². The second-order valence-corrected chi connectivity index (χ2v) is 12.1. The van der Waals surface area contributed by atoms with Crippen molar-refractivity contribution < 1.29 is 29.3 Å². The minimum atomic E-state index is -4.14. The number of halogens is 1. The molecule has 5 rings (SSSR count). The fourth-order valence-corrected chi connectivity index (χ4v) is 6.56. The Labute approximate surface area is 202 Å². The van der Waals surface area contributed by atoms with Gasteiger partial charge in [0.15, 0.2) is 23.2 Å². The zero-order valence-corrected chi connectivity index (χ0v) is 20.5. The van der Waals surface area contributed by atoms with Gasteiger partial charge in [-0.25, -0.2) is 4.98 Å². The van der Waals surface area contributed by atoms with Crippen LogP contribution < -0.4 is 4.90 Å². The number of rotatable bonds is 6. The Morgan fingerprint density at radius 3 is 2.65 bits per heavy atom. The molecule has 4 N–H and O–H groups in total. The average molecular weight is 516 g/mol. The van der Waals surface area contributed by atoms with Crippen molar-refractivity contribution in [3.63, 3.8) is 0 Å². The summed E-state index contributed by atoms with van der Waals surface area (Å²) in [5.74, 6) is 0.669. The molecule has 0 radical (unpaired) electrons. The van der Waals surface area contributed by atoms with Crippen LogP contribution in [0.5, 0.6) is 0 Å². The highest BCUT2D eigenvalue weighted by atomic mass is 35.5. The summed E-state index contributed by atoms with van der Waals surface area (Å²) >= 11 is 6.30. The lowest BCUT2D eigenvalue weighted by Gasteiger charge is -2.33. The van der Waals surface area contributed by atoms with Gasteiger partial charge in [0, 0.05) is 19.3 Å². The van der Waals surface area contributed by atoms with Gasteiger partial charge in [-0.1, -0.05) is 19.3 Å². The van der Waals surface area contributed by atoms with E-state index in [1.165, 1.54) is 38.4 Å². The summed E-state index contributed by atoms with van der Waals surface area (Å²) in [6, 6.07) is 0. The monoisotopic (exact) mass is 515 g/mol. The van der Waals surface area contributed by atoms with Gasteiger partial charge in [0.05, 0.1) is 12.4 Å². The highest BCUT2D eigenvalue weighted by Crippen LogP contribution is 2.45. The zero-order valence-electron chi connectivity index (χ0n) is 18.8. The van der Waals surface area contributed by atoms with Crippen LogP contribution in [0.15, 0.2) is 6.33 Å². The summed E-state index contributed by atoms with van der Waals surface area (Å²) in [5.41, 5.74) is 1.29. The molecule has 34 heavy (non-hydrogen) atoms. The van der Waals surface area contributed by atoms with E-state index in [4.69, 9.17) is 26.1 Å². The van der Waals surface area contributed by atoms with Crippen molar-refractivity contribution in [2.75, 3.05) is 24.2 Å². The van der Waals surface area contributed by atoms with Crippen LogP contribution in [0.3, 0.4) is 0 Å². The number of fused-ring (bicyclic) bond motifs is 1. The lowest BCUT2D eigenvalue weighted by atomic mass is 9.73. The van der Waals surface area contributed by atoms with Crippen LogP contribution in [0.4, 0.5) is 5.82 Å². The first kappa shape index (κ1) is 24.4. The Balaban J connectivity index is 1.38. The van der Waals surface area contributed by atoms with Gasteiger partial charge in [0.2, 0.25) is 5.28 Å². The summed E-state index contributed by atoms with van der Waals surface area (Å²) in [6.07, 6.45) is 4.74. The SMILES string of the molecule is O=P(O)(O)CCC[C@H]1O[C@@H](n2cnc3c(N4CCC5(CCCCC5)C4)nc(Cl)nc32)C(O)[C@H]1O. The third-order valence-corrected chi connectivity index (χ3v) is 8.65. The van der Waals surface area contributed by atoms with Crippen LogP contribution in [-0.2, 0) is 9.30 Å². The molecule has 2 saturated heterocycles. The van der Waals surface area contributed by atoms with E-state index >= 15 is 0 Å². The fraction of sp³-hybridized carbons (Fsp3) is 0.762. The molecule has 0 amide bonds. The summed E-state index contributed by atoms with van der Waals surface area (Å²) < 4.78 is 18.6. The average Bonchev–Trinajstić information content (AvgIpc) is 3.45. The molecule has 13 heteroatoms. The third kappa shape index (κ3) is 4.72. The Kier molecular flexibility index (Phi) is 6.65. The number of aliphatic hydroxyl groups excluding tert-OH is 2. The van der Waals surface area contributed by atoms with Crippen LogP contribution in [-0.4, -0.2) is 77.1 Å². The van der Waals surface area contributed by atoms with Gasteiger partial charge < -0.3 is 29.6 Å². The lowest BCUT2D eigenvalue weighted by molar-refractivity contribution is -0.0370. The molecule has 1 aliphatic carbocycles. The smallest absolute Gasteiger partial charge is 0.325 e. The molecule has 11 nitrogen and oxygen atoms in total. The van der Waals surface area contributed by atoms with Crippen molar-refractivity contribution in [3.05, 3.63) is 11.6 Å². The van der Waals surface area contributed by atoms with Crippen molar-refractivity contribution in [3.8, 4) is 0 Å². The summed E-state index contributed by atoms with van der Waals surface area (Å²) in [5, 5.41) is 21.2. The topological polar surface area (TPSA) is 154 Å². The van der Waals surface area contributed by atoms with E-state index in [0.717, 1.165) is 19.5 Å². The number of hydrogen-bond acceptors (Lipinski definition) is 8. The van der Waals surface area contributed by atoms with E-state index in [2.05, 4.69) is 19.9 Å². The van der Waals surface area contributed by atoms with Gasteiger partial charge in [-0.05, 0) is 49.1 Å². The normalized spacial score (nSPS) is 29.5. The second kappa shape index (κ2) is 9.28. The van der Waals surface area contributed by atoms with E-state index in [1.54, 1.807) is 4.57 Å². The van der Waals surface area contributed by atoms with Crippen molar-refractivity contribution in [1.29, 1.82) is 0 Å². The fourth-order valence-electron chi connectivity index (χ4n) is 5.80. The Morgan fingerprint density at radius 2 is 1.91 bits per heavy atom. The highest BCUT2D eigenvalue weighted by molar-refractivity contribution is 7.51. The van der Waals surface area contributed by atoms with E-state index in [0.29, 0.717) is 22.4 Å². The molecule has 1 saturated carbocycles. The van der Waals surface area contributed by atoms with E-state index in [-0.39, 0.29) is 24.3 Å². The molecular weight excluding hydrogens is 485 g/mol. The van der Waals surface area contributed by atoms with Crippen molar-refractivity contribution in [1.82, 2.24) is 19.5 Å². The van der Waals surface area contributed by atoms with Gasteiger partial charge >= 0.3 is 7.60 Å². The van der Waals surface area contributed by atoms with Crippen LogP contribution in [0.1, 0.15) is 57.6 Å². The summed E-state index contributed by atoms with van der Waals surface area (Å²) in [4.78, 5) is 33.7. The van der Waals surface area contributed by atoms with Crippen LogP contribution in [0.2, 0.25) is 5.28 Å². The number of anilines is 1.